The first-order valence-corrected chi connectivity index (χ1v) is 7.63. The van der Waals surface area contributed by atoms with Crippen LogP contribution < -0.4 is 10.6 Å². The molecule has 5 nitrogen and oxygen atoms in total. The molecular formula is C15H28N2O3. The Morgan fingerprint density at radius 3 is 2.40 bits per heavy atom. The molecule has 0 aromatic rings. The minimum absolute atomic E-state index is 0.0860. The third-order valence-corrected chi connectivity index (χ3v) is 3.22. The van der Waals surface area contributed by atoms with Gasteiger partial charge in [-0.05, 0) is 40.0 Å². The van der Waals surface area contributed by atoms with Gasteiger partial charge in [0.05, 0.1) is 0 Å². The molecule has 116 valence electrons. The molecular weight excluding hydrogens is 256 g/mol. The number of rotatable bonds is 5. The summed E-state index contributed by atoms with van der Waals surface area (Å²) in [5, 5.41) is 5.72. The number of alkyl carbamates (subject to hydrolysis) is 1. The van der Waals surface area contributed by atoms with Gasteiger partial charge in [0.2, 0.25) is 5.91 Å². The van der Waals surface area contributed by atoms with Crippen LogP contribution >= 0.6 is 0 Å². The van der Waals surface area contributed by atoms with Crippen LogP contribution in [-0.2, 0) is 9.53 Å². The Bertz CT molecular complexity index is 318. The first-order chi connectivity index (χ1) is 9.37. The predicted molar refractivity (Wildman–Crippen MR) is 78.5 cm³/mol. The molecule has 0 heterocycles. The molecule has 1 rings (SSSR count). The van der Waals surface area contributed by atoms with Gasteiger partial charge in [-0.1, -0.05) is 19.3 Å². The van der Waals surface area contributed by atoms with E-state index in [1.54, 1.807) is 0 Å². The summed E-state index contributed by atoms with van der Waals surface area (Å²) in [6, 6.07) is 0.357. The lowest BCUT2D eigenvalue weighted by atomic mass is 9.95. The van der Waals surface area contributed by atoms with E-state index in [2.05, 4.69) is 10.6 Å². The van der Waals surface area contributed by atoms with Crippen LogP contribution in [0.1, 0.15) is 65.7 Å². The summed E-state index contributed by atoms with van der Waals surface area (Å²) in [5.74, 6) is 0.0860. The molecule has 20 heavy (non-hydrogen) atoms. The minimum atomic E-state index is -0.484. The minimum Gasteiger partial charge on any atom is -0.444 e. The Morgan fingerprint density at radius 1 is 1.15 bits per heavy atom. The van der Waals surface area contributed by atoms with Crippen LogP contribution in [0.3, 0.4) is 0 Å². The van der Waals surface area contributed by atoms with Crippen molar-refractivity contribution in [2.75, 3.05) is 6.54 Å². The highest BCUT2D eigenvalue weighted by Gasteiger charge is 2.17. The third kappa shape index (κ3) is 8.02. The molecule has 1 fully saturated rings. The van der Waals surface area contributed by atoms with Crippen molar-refractivity contribution in [3.05, 3.63) is 0 Å². The summed E-state index contributed by atoms with van der Waals surface area (Å²) in [7, 11) is 0. The first-order valence-electron chi connectivity index (χ1n) is 7.63. The Hall–Kier alpha value is -1.26. The van der Waals surface area contributed by atoms with Crippen molar-refractivity contribution in [1.29, 1.82) is 0 Å². The van der Waals surface area contributed by atoms with E-state index in [1.165, 1.54) is 19.3 Å². The molecule has 0 bridgehead atoms. The Labute approximate surface area is 121 Å². The van der Waals surface area contributed by atoms with Gasteiger partial charge in [0.1, 0.15) is 5.60 Å². The fourth-order valence-corrected chi connectivity index (χ4v) is 2.30. The van der Waals surface area contributed by atoms with Gasteiger partial charge in [-0.3, -0.25) is 4.79 Å². The van der Waals surface area contributed by atoms with E-state index in [-0.39, 0.29) is 5.91 Å². The van der Waals surface area contributed by atoms with Gasteiger partial charge in [0.25, 0.3) is 0 Å². The number of amides is 2. The number of carbonyl (C=O) groups excluding carboxylic acids is 2. The van der Waals surface area contributed by atoms with Crippen LogP contribution in [0.5, 0.6) is 0 Å². The van der Waals surface area contributed by atoms with Crippen LogP contribution in [-0.4, -0.2) is 30.2 Å². The van der Waals surface area contributed by atoms with Crippen molar-refractivity contribution in [1.82, 2.24) is 10.6 Å². The van der Waals surface area contributed by atoms with Gasteiger partial charge in [-0.2, -0.15) is 0 Å². The molecule has 1 aliphatic carbocycles. The second-order valence-corrected chi connectivity index (χ2v) is 6.43. The molecule has 0 radical (unpaired) electrons. The number of ether oxygens (including phenoxy) is 1. The van der Waals surface area contributed by atoms with Crippen molar-refractivity contribution >= 4 is 12.0 Å². The number of nitrogens with one attached hydrogen (secondary N) is 2. The molecule has 0 aliphatic heterocycles. The molecule has 0 aromatic heterocycles. The van der Waals surface area contributed by atoms with Crippen LogP contribution in [0.15, 0.2) is 0 Å². The van der Waals surface area contributed by atoms with Gasteiger partial charge < -0.3 is 15.4 Å². The summed E-state index contributed by atoms with van der Waals surface area (Å²) in [5.41, 5.74) is -0.484. The van der Waals surface area contributed by atoms with Gasteiger partial charge >= 0.3 is 6.09 Å². The van der Waals surface area contributed by atoms with Gasteiger partial charge in [-0.25, -0.2) is 4.79 Å². The Kier molecular flexibility index (Phi) is 6.82. The van der Waals surface area contributed by atoms with Gasteiger partial charge in [-0.15, -0.1) is 0 Å². The van der Waals surface area contributed by atoms with Crippen LogP contribution in [0.2, 0.25) is 0 Å². The molecule has 0 saturated heterocycles. The number of hydrogen-bond acceptors (Lipinski definition) is 3. The topological polar surface area (TPSA) is 67.4 Å². The second-order valence-electron chi connectivity index (χ2n) is 6.43. The van der Waals surface area contributed by atoms with Crippen molar-refractivity contribution in [3.63, 3.8) is 0 Å². The average molecular weight is 284 g/mol. The average Bonchev–Trinajstić information content (AvgIpc) is 2.34. The molecule has 1 saturated carbocycles. The zero-order valence-corrected chi connectivity index (χ0v) is 13.0. The lowest BCUT2D eigenvalue weighted by Gasteiger charge is -2.22. The molecule has 0 atom stereocenters. The number of carbonyl (C=O) groups is 2. The molecule has 0 aromatic carbocycles. The zero-order valence-electron chi connectivity index (χ0n) is 13.0. The summed E-state index contributed by atoms with van der Waals surface area (Å²) < 4.78 is 5.12. The molecule has 1 aliphatic rings. The Balaban J connectivity index is 2.05. The predicted octanol–water partition coefficient (Wildman–Crippen LogP) is 2.74. The lowest BCUT2D eigenvalue weighted by molar-refractivity contribution is -0.122. The first kappa shape index (κ1) is 16.8. The summed E-state index contributed by atoms with van der Waals surface area (Å²) in [6.45, 7) is 5.94. The van der Waals surface area contributed by atoms with Crippen LogP contribution in [0, 0.1) is 0 Å². The summed E-state index contributed by atoms with van der Waals surface area (Å²) in [6.07, 6.45) is 6.57. The maximum atomic E-state index is 11.7. The van der Waals surface area contributed by atoms with Crippen molar-refractivity contribution in [3.8, 4) is 0 Å². The third-order valence-electron chi connectivity index (χ3n) is 3.22. The van der Waals surface area contributed by atoms with E-state index in [0.717, 1.165) is 12.8 Å². The SMILES string of the molecule is CC(C)(C)OC(=O)NCCCC(=O)NC1CCCCC1. The van der Waals surface area contributed by atoms with E-state index in [1.807, 2.05) is 20.8 Å². The van der Waals surface area contributed by atoms with Crippen molar-refractivity contribution < 1.29 is 14.3 Å². The molecule has 2 N–H and O–H groups in total. The molecule has 2 amide bonds. The largest absolute Gasteiger partial charge is 0.444 e. The number of hydrogen-bond donors (Lipinski definition) is 2. The lowest BCUT2D eigenvalue weighted by Crippen LogP contribution is -2.37. The van der Waals surface area contributed by atoms with E-state index >= 15 is 0 Å². The van der Waals surface area contributed by atoms with E-state index < -0.39 is 11.7 Å². The second kappa shape index (κ2) is 8.12. The Morgan fingerprint density at radius 2 is 1.80 bits per heavy atom. The van der Waals surface area contributed by atoms with Gasteiger partial charge in [0.15, 0.2) is 0 Å². The fourth-order valence-electron chi connectivity index (χ4n) is 2.30. The molecule has 0 unspecified atom stereocenters. The highest BCUT2D eigenvalue weighted by Crippen LogP contribution is 2.17. The van der Waals surface area contributed by atoms with E-state index in [0.29, 0.717) is 25.4 Å². The van der Waals surface area contributed by atoms with Gasteiger partial charge in [0, 0.05) is 19.0 Å². The van der Waals surface area contributed by atoms with E-state index in [4.69, 9.17) is 4.74 Å². The van der Waals surface area contributed by atoms with E-state index in [9.17, 15) is 9.59 Å². The van der Waals surface area contributed by atoms with Crippen LogP contribution in [0.4, 0.5) is 4.79 Å². The highest BCUT2D eigenvalue weighted by atomic mass is 16.6. The summed E-state index contributed by atoms with van der Waals surface area (Å²) >= 11 is 0. The maximum absolute atomic E-state index is 11.7. The maximum Gasteiger partial charge on any atom is 0.407 e. The quantitative estimate of drug-likeness (QED) is 0.763. The highest BCUT2D eigenvalue weighted by molar-refractivity contribution is 5.76. The molecule has 5 heteroatoms. The normalized spacial score (nSPS) is 16.6. The zero-order chi connectivity index (χ0) is 15.0. The summed E-state index contributed by atoms with van der Waals surface area (Å²) in [4.78, 5) is 23.1. The van der Waals surface area contributed by atoms with Crippen molar-refractivity contribution in [2.24, 2.45) is 0 Å². The smallest absolute Gasteiger partial charge is 0.407 e. The molecule has 0 spiro atoms. The van der Waals surface area contributed by atoms with Crippen molar-refractivity contribution in [2.45, 2.75) is 77.4 Å². The fraction of sp³-hybridized carbons (Fsp3) is 0.867. The monoisotopic (exact) mass is 284 g/mol. The van der Waals surface area contributed by atoms with Crippen LogP contribution in [0.25, 0.3) is 0 Å². The standard InChI is InChI=1S/C15H28N2O3/c1-15(2,3)20-14(19)16-11-7-10-13(18)17-12-8-5-4-6-9-12/h12H,4-11H2,1-3H3,(H,16,19)(H,17,18).